The molecule has 0 heterocycles. The van der Waals surface area contributed by atoms with Gasteiger partial charge in [0, 0.05) is 0 Å². The van der Waals surface area contributed by atoms with Gasteiger partial charge in [-0.1, -0.05) is 0 Å². The monoisotopic (exact) mass is 182 g/mol. The first-order chi connectivity index (χ1) is 5.54. The molecule has 0 aromatic heterocycles. The van der Waals surface area contributed by atoms with Gasteiger partial charge in [-0.15, -0.1) is 0 Å². The third-order valence-corrected chi connectivity index (χ3v) is 1.34. The number of alkyl halides is 1. The highest BCUT2D eigenvalue weighted by molar-refractivity contribution is 5.84. The summed E-state index contributed by atoms with van der Waals surface area (Å²) >= 11 is 0. The SMILES string of the molecule is O=C(CO)[C@@H](F)[C@H](O)[C@H](O)CO. The standard InChI is InChI=1S/C6H11FO5/c7-5(3(10)1-8)6(12)4(11)2-9/h4-6,8-9,11-12H,1-2H2/t4-,5-,6-/m1/s1. The van der Waals surface area contributed by atoms with Crippen LogP contribution < -0.4 is 0 Å². The molecule has 0 rings (SSSR count). The van der Waals surface area contributed by atoms with Gasteiger partial charge >= 0.3 is 0 Å². The van der Waals surface area contributed by atoms with Gasteiger partial charge in [0.2, 0.25) is 0 Å². The van der Waals surface area contributed by atoms with Gasteiger partial charge in [0.15, 0.2) is 12.0 Å². The molecule has 0 aromatic carbocycles. The second-order valence-corrected chi connectivity index (χ2v) is 2.27. The molecule has 0 aromatic rings. The van der Waals surface area contributed by atoms with Crippen LogP contribution in [0.4, 0.5) is 4.39 Å². The van der Waals surface area contributed by atoms with Crippen LogP contribution in [0.1, 0.15) is 0 Å². The molecule has 5 nitrogen and oxygen atoms in total. The third-order valence-electron chi connectivity index (χ3n) is 1.34. The maximum Gasteiger partial charge on any atom is 0.194 e. The lowest BCUT2D eigenvalue weighted by atomic mass is 10.1. The van der Waals surface area contributed by atoms with E-state index in [4.69, 9.17) is 20.4 Å². The number of halogens is 1. The van der Waals surface area contributed by atoms with Crippen molar-refractivity contribution in [2.45, 2.75) is 18.4 Å². The zero-order valence-corrected chi connectivity index (χ0v) is 6.22. The largest absolute Gasteiger partial charge is 0.394 e. The minimum Gasteiger partial charge on any atom is -0.394 e. The lowest BCUT2D eigenvalue weighted by Gasteiger charge is -2.17. The van der Waals surface area contributed by atoms with Gasteiger partial charge in [-0.2, -0.15) is 0 Å². The quantitative estimate of drug-likeness (QED) is 0.380. The summed E-state index contributed by atoms with van der Waals surface area (Å²) in [6.07, 6.45) is -6.07. The summed E-state index contributed by atoms with van der Waals surface area (Å²) < 4.78 is 12.6. The average Bonchev–Trinajstić information content (AvgIpc) is 2.12. The Bertz CT molecular complexity index is 151. The fourth-order valence-electron chi connectivity index (χ4n) is 0.581. The summed E-state index contributed by atoms with van der Waals surface area (Å²) in [4.78, 5) is 10.4. The van der Waals surface area contributed by atoms with Crippen LogP contribution in [0.2, 0.25) is 0 Å². The predicted octanol–water partition coefficient (Wildman–Crippen LogP) is -2.40. The summed E-state index contributed by atoms with van der Waals surface area (Å²) in [5.41, 5.74) is 0. The van der Waals surface area contributed by atoms with Crippen LogP contribution in [-0.2, 0) is 4.79 Å². The maximum absolute atomic E-state index is 12.6. The van der Waals surface area contributed by atoms with E-state index in [1.54, 1.807) is 0 Å². The molecule has 4 N–H and O–H groups in total. The van der Waals surface area contributed by atoms with Crippen molar-refractivity contribution in [3.8, 4) is 0 Å². The fraction of sp³-hybridized carbons (Fsp3) is 0.833. The molecule has 6 heteroatoms. The van der Waals surface area contributed by atoms with Gasteiger partial charge in [0.1, 0.15) is 18.8 Å². The molecule has 0 aliphatic heterocycles. The number of hydrogen-bond acceptors (Lipinski definition) is 5. The molecule has 0 radical (unpaired) electrons. The highest BCUT2D eigenvalue weighted by Crippen LogP contribution is 2.05. The molecular weight excluding hydrogens is 171 g/mol. The lowest BCUT2D eigenvalue weighted by Crippen LogP contribution is -2.42. The Kier molecular flexibility index (Phi) is 4.91. The molecule has 0 amide bonds. The number of ketones is 1. The smallest absolute Gasteiger partial charge is 0.194 e. The van der Waals surface area contributed by atoms with Crippen LogP contribution in [0.15, 0.2) is 0 Å². The van der Waals surface area contributed by atoms with Gasteiger partial charge in [-0.3, -0.25) is 4.79 Å². The molecule has 0 spiro atoms. The molecule has 0 saturated carbocycles. The first-order valence-corrected chi connectivity index (χ1v) is 3.29. The van der Waals surface area contributed by atoms with Gasteiger partial charge in [0.25, 0.3) is 0 Å². The summed E-state index contributed by atoms with van der Waals surface area (Å²) in [7, 11) is 0. The van der Waals surface area contributed by atoms with E-state index < -0.39 is 37.4 Å². The van der Waals surface area contributed by atoms with Crippen LogP contribution in [0, 0.1) is 0 Å². The summed E-state index contributed by atoms with van der Waals surface area (Å²) in [6, 6.07) is 0. The first kappa shape index (κ1) is 11.4. The van der Waals surface area contributed by atoms with Crippen LogP contribution in [0.5, 0.6) is 0 Å². The lowest BCUT2D eigenvalue weighted by molar-refractivity contribution is -0.135. The Morgan fingerprint density at radius 2 is 1.83 bits per heavy atom. The van der Waals surface area contributed by atoms with Gasteiger partial charge < -0.3 is 20.4 Å². The highest BCUT2D eigenvalue weighted by Gasteiger charge is 2.30. The number of rotatable bonds is 5. The Balaban J connectivity index is 4.08. The number of aliphatic hydroxyl groups is 4. The summed E-state index contributed by atoms with van der Waals surface area (Å²) in [5.74, 6) is -1.23. The van der Waals surface area contributed by atoms with E-state index in [1.165, 1.54) is 0 Å². The zero-order valence-electron chi connectivity index (χ0n) is 6.22. The van der Waals surface area contributed by atoms with Crippen molar-refractivity contribution in [2.75, 3.05) is 13.2 Å². The fourth-order valence-corrected chi connectivity index (χ4v) is 0.581. The Morgan fingerprint density at radius 3 is 2.17 bits per heavy atom. The minimum absolute atomic E-state index is 0.847. The van der Waals surface area contributed by atoms with Crippen LogP contribution in [0.3, 0.4) is 0 Å². The van der Waals surface area contributed by atoms with E-state index in [9.17, 15) is 9.18 Å². The van der Waals surface area contributed by atoms with Crippen molar-refractivity contribution in [3.63, 3.8) is 0 Å². The van der Waals surface area contributed by atoms with Crippen molar-refractivity contribution in [1.29, 1.82) is 0 Å². The van der Waals surface area contributed by atoms with Crippen LogP contribution >= 0.6 is 0 Å². The average molecular weight is 182 g/mol. The number of carbonyl (C=O) groups is 1. The van der Waals surface area contributed by atoms with E-state index >= 15 is 0 Å². The van der Waals surface area contributed by atoms with Crippen LogP contribution in [-0.4, -0.2) is 57.8 Å². The second kappa shape index (κ2) is 5.15. The van der Waals surface area contributed by atoms with Crippen molar-refractivity contribution in [2.24, 2.45) is 0 Å². The number of hydrogen-bond donors (Lipinski definition) is 4. The minimum atomic E-state index is -2.36. The van der Waals surface area contributed by atoms with E-state index in [-0.39, 0.29) is 0 Å². The zero-order chi connectivity index (χ0) is 9.72. The van der Waals surface area contributed by atoms with Crippen molar-refractivity contribution < 1.29 is 29.6 Å². The van der Waals surface area contributed by atoms with Crippen molar-refractivity contribution >= 4 is 5.78 Å². The van der Waals surface area contributed by atoms with Gasteiger partial charge in [-0.25, -0.2) is 4.39 Å². The van der Waals surface area contributed by atoms with E-state index in [2.05, 4.69) is 0 Å². The molecule has 0 fully saturated rings. The van der Waals surface area contributed by atoms with Crippen molar-refractivity contribution in [3.05, 3.63) is 0 Å². The Hall–Kier alpha value is -0.560. The predicted molar refractivity (Wildman–Crippen MR) is 36.1 cm³/mol. The Labute approximate surface area is 68.1 Å². The third kappa shape index (κ3) is 2.82. The van der Waals surface area contributed by atoms with E-state index in [0.29, 0.717) is 0 Å². The normalized spacial score (nSPS) is 18.4. The second-order valence-electron chi connectivity index (χ2n) is 2.27. The molecule has 0 bridgehead atoms. The maximum atomic E-state index is 12.6. The number of aliphatic hydroxyl groups excluding tert-OH is 4. The molecule has 0 aliphatic rings. The van der Waals surface area contributed by atoms with Gasteiger partial charge in [-0.05, 0) is 0 Å². The first-order valence-electron chi connectivity index (χ1n) is 3.29. The molecule has 0 aliphatic carbocycles. The molecule has 0 saturated heterocycles. The number of carbonyl (C=O) groups excluding carboxylic acids is 1. The summed E-state index contributed by atoms with van der Waals surface area (Å²) in [5, 5.41) is 33.9. The van der Waals surface area contributed by atoms with Crippen molar-refractivity contribution in [1.82, 2.24) is 0 Å². The molecule has 3 atom stereocenters. The number of Topliss-reactive ketones (excluding diaryl/α,β-unsaturated/α-hetero) is 1. The van der Waals surface area contributed by atoms with Gasteiger partial charge in [0.05, 0.1) is 6.61 Å². The molecule has 12 heavy (non-hydrogen) atoms. The topological polar surface area (TPSA) is 98.0 Å². The highest BCUT2D eigenvalue weighted by atomic mass is 19.1. The Morgan fingerprint density at radius 1 is 1.33 bits per heavy atom. The van der Waals surface area contributed by atoms with E-state index in [1.807, 2.05) is 0 Å². The van der Waals surface area contributed by atoms with E-state index in [0.717, 1.165) is 0 Å². The molecule has 0 unspecified atom stereocenters. The summed E-state index contributed by atoms with van der Waals surface area (Å²) in [6.45, 7) is -1.89. The molecule has 72 valence electrons. The van der Waals surface area contributed by atoms with Crippen LogP contribution in [0.25, 0.3) is 0 Å². The molecular formula is C6H11FO5.